The SMILES string of the molecule is CCCCCCNC(N)=NCC(C)c1nc(C)cs1. The number of aliphatic imine (C=N–C) groups is 1. The number of unbranched alkanes of at least 4 members (excludes halogenated alkanes) is 3. The number of hydrogen-bond donors (Lipinski definition) is 2. The molecule has 1 aromatic heterocycles. The van der Waals surface area contributed by atoms with Crippen molar-refractivity contribution in [1.29, 1.82) is 0 Å². The largest absolute Gasteiger partial charge is 0.370 e. The Morgan fingerprint density at radius 3 is 2.89 bits per heavy atom. The number of guanidine groups is 1. The summed E-state index contributed by atoms with van der Waals surface area (Å²) in [7, 11) is 0. The number of hydrogen-bond acceptors (Lipinski definition) is 3. The molecule has 0 aromatic carbocycles. The van der Waals surface area contributed by atoms with E-state index in [-0.39, 0.29) is 0 Å². The van der Waals surface area contributed by atoms with E-state index in [4.69, 9.17) is 5.73 Å². The van der Waals surface area contributed by atoms with Gasteiger partial charge in [-0.1, -0.05) is 33.1 Å². The van der Waals surface area contributed by atoms with Crippen molar-refractivity contribution in [3.63, 3.8) is 0 Å². The van der Waals surface area contributed by atoms with Crippen LogP contribution in [0.2, 0.25) is 0 Å². The van der Waals surface area contributed by atoms with Crippen molar-refractivity contribution in [2.24, 2.45) is 10.7 Å². The van der Waals surface area contributed by atoms with E-state index in [1.54, 1.807) is 11.3 Å². The zero-order valence-corrected chi connectivity index (χ0v) is 13.1. The summed E-state index contributed by atoms with van der Waals surface area (Å²) in [5, 5.41) is 6.37. The van der Waals surface area contributed by atoms with Crippen LogP contribution in [0.4, 0.5) is 0 Å². The number of nitrogens with two attached hydrogens (primary N) is 1. The average Bonchev–Trinajstić information content (AvgIpc) is 2.82. The molecule has 0 bridgehead atoms. The molecule has 5 heteroatoms. The van der Waals surface area contributed by atoms with Crippen LogP contribution in [0.15, 0.2) is 10.4 Å². The molecule has 0 amide bonds. The summed E-state index contributed by atoms with van der Waals surface area (Å²) in [6, 6.07) is 0. The van der Waals surface area contributed by atoms with Crippen LogP contribution in [0.25, 0.3) is 0 Å². The first-order chi connectivity index (χ1) is 9.13. The summed E-state index contributed by atoms with van der Waals surface area (Å²) in [6.07, 6.45) is 4.96. The van der Waals surface area contributed by atoms with Crippen LogP contribution >= 0.6 is 11.3 Å². The lowest BCUT2D eigenvalue weighted by molar-refractivity contribution is 0.651. The van der Waals surface area contributed by atoms with E-state index in [0.717, 1.165) is 23.7 Å². The minimum Gasteiger partial charge on any atom is -0.370 e. The van der Waals surface area contributed by atoms with Gasteiger partial charge in [0.2, 0.25) is 0 Å². The number of aromatic nitrogens is 1. The second kappa shape index (κ2) is 8.91. The fraction of sp³-hybridized carbons (Fsp3) is 0.714. The molecule has 1 rings (SSSR count). The molecular weight excluding hydrogens is 256 g/mol. The van der Waals surface area contributed by atoms with E-state index in [1.165, 1.54) is 19.3 Å². The lowest BCUT2D eigenvalue weighted by atomic mass is 10.2. The van der Waals surface area contributed by atoms with Crippen molar-refractivity contribution < 1.29 is 0 Å². The average molecular weight is 282 g/mol. The Balaban J connectivity index is 2.23. The topological polar surface area (TPSA) is 63.3 Å². The van der Waals surface area contributed by atoms with Gasteiger partial charge in [0, 0.05) is 23.5 Å². The summed E-state index contributed by atoms with van der Waals surface area (Å²) >= 11 is 1.69. The number of nitrogens with one attached hydrogen (secondary N) is 1. The Kier molecular flexibility index (Phi) is 7.48. The van der Waals surface area contributed by atoms with Gasteiger partial charge in [-0.25, -0.2) is 4.98 Å². The summed E-state index contributed by atoms with van der Waals surface area (Å²) in [5.74, 6) is 0.885. The van der Waals surface area contributed by atoms with Crippen molar-refractivity contribution in [2.45, 2.75) is 52.4 Å². The summed E-state index contributed by atoms with van der Waals surface area (Å²) in [4.78, 5) is 8.85. The lowest BCUT2D eigenvalue weighted by Gasteiger charge is -2.07. The standard InChI is InChI=1S/C14H26N4S/c1-4-5-6-7-8-16-14(15)17-9-11(2)13-18-12(3)10-19-13/h10-11H,4-9H2,1-3H3,(H3,15,16,17). The van der Waals surface area contributed by atoms with Gasteiger partial charge in [-0.2, -0.15) is 0 Å². The van der Waals surface area contributed by atoms with Crippen LogP contribution in [0.5, 0.6) is 0 Å². The Bertz CT molecular complexity index is 387. The number of nitrogens with zero attached hydrogens (tertiary/aromatic N) is 2. The van der Waals surface area contributed by atoms with E-state index in [1.807, 2.05) is 6.92 Å². The quantitative estimate of drug-likeness (QED) is 0.437. The highest BCUT2D eigenvalue weighted by Crippen LogP contribution is 2.19. The molecule has 0 aliphatic rings. The van der Waals surface area contributed by atoms with E-state index in [9.17, 15) is 0 Å². The smallest absolute Gasteiger partial charge is 0.188 e. The van der Waals surface area contributed by atoms with Gasteiger partial charge in [-0.15, -0.1) is 11.3 Å². The molecule has 1 atom stereocenters. The van der Waals surface area contributed by atoms with Gasteiger partial charge in [-0.05, 0) is 13.3 Å². The van der Waals surface area contributed by atoms with Gasteiger partial charge in [0.05, 0.1) is 11.6 Å². The fourth-order valence-electron chi connectivity index (χ4n) is 1.74. The molecule has 19 heavy (non-hydrogen) atoms. The van der Waals surface area contributed by atoms with Crippen molar-refractivity contribution in [3.8, 4) is 0 Å². The third kappa shape index (κ3) is 6.57. The maximum absolute atomic E-state index is 5.84. The Labute approximate surface area is 120 Å². The Morgan fingerprint density at radius 1 is 1.47 bits per heavy atom. The first-order valence-electron chi connectivity index (χ1n) is 7.09. The van der Waals surface area contributed by atoms with E-state index >= 15 is 0 Å². The minimum absolute atomic E-state index is 0.333. The fourth-order valence-corrected chi connectivity index (χ4v) is 2.58. The van der Waals surface area contributed by atoms with E-state index in [2.05, 4.69) is 34.5 Å². The molecule has 0 saturated carbocycles. The molecule has 1 aromatic rings. The summed E-state index contributed by atoms with van der Waals surface area (Å²) in [5.41, 5.74) is 6.92. The van der Waals surface area contributed by atoms with Crippen LogP contribution < -0.4 is 11.1 Å². The monoisotopic (exact) mass is 282 g/mol. The van der Waals surface area contributed by atoms with Crippen LogP contribution in [0, 0.1) is 6.92 Å². The molecule has 0 aliphatic carbocycles. The highest BCUT2D eigenvalue weighted by atomic mass is 32.1. The van der Waals surface area contributed by atoms with Gasteiger partial charge >= 0.3 is 0 Å². The molecule has 4 nitrogen and oxygen atoms in total. The van der Waals surface area contributed by atoms with Gasteiger partial charge in [0.25, 0.3) is 0 Å². The zero-order chi connectivity index (χ0) is 14.1. The normalized spacial score (nSPS) is 13.5. The van der Waals surface area contributed by atoms with Gasteiger partial charge in [0.1, 0.15) is 0 Å². The summed E-state index contributed by atoms with van der Waals surface area (Å²) in [6.45, 7) is 7.98. The molecule has 0 aliphatic heterocycles. The summed E-state index contributed by atoms with van der Waals surface area (Å²) < 4.78 is 0. The van der Waals surface area contributed by atoms with Crippen LogP contribution in [0.3, 0.4) is 0 Å². The first kappa shape index (κ1) is 16.0. The Hall–Kier alpha value is -1.10. The predicted octanol–water partition coefficient (Wildman–Crippen LogP) is 3.04. The van der Waals surface area contributed by atoms with Crippen molar-refractivity contribution in [1.82, 2.24) is 10.3 Å². The van der Waals surface area contributed by atoms with Crippen molar-refractivity contribution in [2.75, 3.05) is 13.1 Å². The van der Waals surface area contributed by atoms with Gasteiger partial charge < -0.3 is 11.1 Å². The maximum atomic E-state index is 5.84. The van der Waals surface area contributed by atoms with E-state index < -0.39 is 0 Å². The molecular formula is C14H26N4S. The maximum Gasteiger partial charge on any atom is 0.188 e. The molecule has 0 fully saturated rings. The highest BCUT2D eigenvalue weighted by Gasteiger charge is 2.08. The van der Waals surface area contributed by atoms with Crippen LogP contribution in [-0.4, -0.2) is 24.0 Å². The third-order valence-electron chi connectivity index (χ3n) is 2.93. The number of rotatable bonds is 8. The highest BCUT2D eigenvalue weighted by molar-refractivity contribution is 7.09. The first-order valence-corrected chi connectivity index (χ1v) is 7.97. The van der Waals surface area contributed by atoms with Crippen molar-refractivity contribution >= 4 is 17.3 Å². The lowest BCUT2D eigenvalue weighted by Crippen LogP contribution is -2.32. The molecule has 3 N–H and O–H groups in total. The second-order valence-electron chi connectivity index (χ2n) is 4.94. The molecule has 1 unspecified atom stereocenters. The van der Waals surface area contributed by atoms with Crippen LogP contribution in [-0.2, 0) is 0 Å². The molecule has 108 valence electrons. The van der Waals surface area contributed by atoms with Gasteiger partial charge in [0.15, 0.2) is 5.96 Å². The molecule has 0 spiro atoms. The van der Waals surface area contributed by atoms with E-state index in [0.29, 0.717) is 18.4 Å². The van der Waals surface area contributed by atoms with Crippen molar-refractivity contribution in [3.05, 3.63) is 16.1 Å². The number of thiazole rings is 1. The molecule has 0 saturated heterocycles. The van der Waals surface area contributed by atoms with Gasteiger partial charge in [-0.3, -0.25) is 4.99 Å². The van der Waals surface area contributed by atoms with Crippen LogP contribution in [0.1, 0.15) is 56.2 Å². The minimum atomic E-state index is 0.333. The molecule has 1 heterocycles. The molecule has 0 radical (unpaired) electrons. The second-order valence-corrected chi connectivity index (χ2v) is 5.83. The zero-order valence-electron chi connectivity index (χ0n) is 12.3. The Morgan fingerprint density at radius 2 is 2.26 bits per heavy atom. The number of aryl methyl sites for hydroxylation is 1. The predicted molar refractivity (Wildman–Crippen MR) is 83.9 cm³/mol. The third-order valence-corrected chi connectivity index (χ3v) is 4.12.